The summed E-state index contributed by atoms with van der Waals surface area (Å²) in [6.07, 6.45) is -1.07. The summed E-state index contributed by atoms with van der Waals surface area (Å²) in [4.78, 5) is 43.0. The first-order chi connectivity index (χ1) is 8.73. The molecule has 0 aromatic carbocycles. The van der Waals surface area contributed by atoms with E-state index in [1.54, 1.807) is 0 Å². The van der Waals surface area contributed by atoms with Crippen molar-refractivity contribution in [2.45, 2.75) is 36.4 Å². The van der Waals surface area contributed by atoms with Crippen LogP contribution in [-0.4, -0.2) is 44.8 Å². The molecule has 0 bridgehead atoms. The molecule has 7 nitrogen and oxygen atoms in total. The molecule has 0 rings (SSSR count). The normalized spacial score (nSPS) is 13.4. The van der Waals surface area contributed by atoms with E-state index in [0.717, 1.165) is 0 Å². The second-order valence-corrected chi connectivity index (χ2v) is 4.59. The fourth-order valence-corrected chi connectivity index (χ4v) is 1.27. The third-order valence-corrected chi connectivity index (χ3v) is 2.73. The van der Waals surface area contributed by atoms with Crippen LogP contribution in [0.25, 0.3) is 0 Å². The summed E-state index contributed by atoms with van der Waals surface area (Å²) in [6.45, 7) is 0. The molecule has 0 saturated heterocycles. The van der Waals surface area contributed by atoms with Gasteiger partial charge in [0.15, 0.2) is 0 Å². The number of carbonyl (C=O) groups is 4. The molecule has 0 aliphatic carbocycles. The molecule has 0 heterocycles. The maximum Gasteiger partial charge on any atom is 0.331 e. The Balaban J connectivity index is 4.12. The average Bonchev–Trinajstić information content (AvgIpc) is 2.32. The number of esters is 2. The number of aliphatic carboxylic acids is 2. The van der Waals surface area contributed by atoms with Gasteiger partial charge in [-0.15, -0.1) is 23.2 Å². The molecular formula is C10H12Cl2O7. The Morgan fingerprint density at radius 2 is 1.16 bits per heavy atom. The molecule has 108 valence electrons. The predicted octanol–water partition coefficient (Wildman–Crippen LogP) is 1.00. The van der Waals surface area contributed by atoms with Gasteiger partial charge >= 0.3 is 23.9 Å². The van der Waals surface area contributed by atoms with Crippen molar-refractivity contribution in [1.82, 2.24) is 0 Å². The Morgan fingerprint density at radius 3 is 1.42 bits per heavy atom. The number of rotatable bonds is 8. The van der Waals surface area contributed by atoms with Crippen molar-refractivity contribution in [3.63, 3.8) is 0 Å². The van der Waals surface area contributed by atoms with E-state index in [-0.39, 0.29) is 25.7 Å². The zero-order valence-corrected chi connectivity index (χ0v) is 11.2. The third-order valence-electron chi connectivity index (χ3n) is 1.94. The number of carbonyl (C=O) groups excluding carboxylic acids is 2. The Labute approximate surface area is 118 Å². The number of hydrogen-bond acceptors (Lipinski definition) is 5. The molecule has 0 spiro atoms. The number of alkyl halides is 2. The van der Waals surface area contributed by atoms with Gasteiger partial charge in [0.2, 0.25) is 0 Å². The van der Waals surface area contributed by atoms with Crippen LogP contribution in [0.3, 0.4) is 0 Å². The lowest BCUT2D eigenvalue weighted by molar-refractivity contribution is -0.159. The van der Waals surface area contributed by atoms with E-state index in [9.17, 15) is 19.2 Å². The topological polar surface area (TPSA) is 118 Å². The SMILES string of the molecule is O=C(O)CCC(Cl)C(=O)OC(=O)C(Cl)CCC(=O)O. The number of hydrogen-bond donors (Lipinski definition) is 2. The van der Waals surface area contributed by atoms with E-state index in [1.165, 1.54) is 0 Å². The fraction of sp³-hybridized carbons (Fsp3) is 0.600. The standard InChI is InChI=1S/C10H12Cl2O7/c11-5(1-3-7(13)14)9(17)19-10(18)6(12)2-4-8(15)16/h5-6H,1-4H2,(H,13,14)(H,15,16). The van der Waals surface area contributed by atoms with E-state index >= 15 is 0 Å². The molecule has 0 aliphatic heterocycles. The molecule has 0 aromatic heterocycles. The van der Waals surface area contributed by atoms with Gasteiger partial charge in [-0.05, 0) is 12.8 Å². The van der Waals surface area contributed by atoms with Gasteiger partial charge in [0.1, 0.15) is 10.8 Å². The molecule has 0 amide bonds. The first-order valence-corrected chi connectivity index (χ1v) is 6.08. The maximum atomic E-state index is 11.3. The molecule has 0 fully saturated rings. The lowest BCUT2D eigenvalue weighted by Gasteiger charge is -2.10. The van der Waals surface area contributed by atoms with E-state index in [2.05, 4.69) is 4.74 Å². The van der Waals surface area contributed by atoms with Crippen molar-refractivity contribution in [2.24, 2.45) is 0 Å². The van der Waals surface area contributed by atoms with E-state index in [4.69, 9.17) is 33.4 Å². The van der Waals surface area contributed by atoms with Crippen molar-refractivity contribution in [3.8, 4) is 0 Å². The Hall–Kier alpha value is -1.34. The lowest BCUT2D eigenvalue weighted by atomic mass is 10.2. The largest absolute Gasteiger partial charge is 0.481 e. The second-order valence-electron chi connectivity index (χ2n) is 3.54. The van der Waals surface area contributed by atoms with Crippen LogP contribution < -0.4 is 0 Å². The van der Waals surface area contributed by atoms with Crippen molar-refractivity contribution < 1.29 is 34.1 Å². The molecule has 2 N–H and O–H groups in total. The average molecular weight is 315 g/mol. The van der Waals surface area contributed by atoms with Crippen LogP contribution in [0.1, 0.15) is 25.7 Å². The maximum absolute atomic E-state index is 11.3. The van der Waals surface area contributed by atoms with Gasteiger partial charge in [-0.2, -0.15) is 0 Å². The van der Waals surface area contributed by atoms with Crippen LogP contribution in [0.5, 0.6) is 0 Å². The van der Waals surface area contributed by atoms with Crippen molar-refractivity contribution in [1.29, 1.82) is 0 Å². The Bertz CT molecular complexity index is 335. The summed E-state index contributed by atoms with van der Waals surface area (Å²) in [7, 11) is 0. The minimum Gasteiger partial charge on any atom is -0.481 e. The van der Waals surface area contributed by atoms with Crippen molar-refractivity contribution in [3.05, 3.63) is 0 Å². The number of ether oxygens (including phenoxy) is 1. The van der Waals surface area contributed by atoms with Crippen LogP contribution in [0.15, 0.2) is 0 Å². The highest BCUT2D eigenvalue weighted by Crippen LogP contribution is 2.12. The molecular weight excluding hydrogens is 303 g/mol. The molecule has 19 heavy (non-hydrogen) atoms. The van der Waals surface area contributed by atoms with E-state index in [0.29, 0.717) is 0 Å². The smallest absolute Gasteiger partial charge is 0.331 e. The van der Waals surface area contributed by atoms with Gasteiger partial charge in [0.05, 0.1) is 0 Å². The van der Waals surface area contributed by atoms with Gasteiger partial charge in [-0.1, -0.05) is 0 Å². The number of halogens is 2. The fourth-order valence-electron chi connectivity index (χ4n) is 0.963. The highest BCUT2D eigenvalue weighted by atomic mass is 35.5. The minimum atomic E-state index is -1.27. The second kappa shape index (κ2) is 8.71. The molecule has 0 saturated carbocycles. The van der Waals surface area contributed by atoms with Crippen molar-refractivity contribution >= 4 is 47.1 Å². The molecule has 2 atom stereocenters. The van der Waals surface area contributed by atoms with Gasteiger partial charge in [0.25, 0.3) is 0 Å². The molecule has 2 unspecified atom stereocenters. The highest BCUT2D eigenvalue weighted by molar-refractivity contribution is 6.33. The first-order valence-electron chi connectivity index (χ1n) is 5.21. The molecule has 0 aliphatic rings. The van der Waals surface area contributed by atoms with Crippen LogP contribution in [0.2, 0.25) is 0 Å². The van der Waals surface area contributed by atoms with Crippen LogP contribution in [0.4, 0.5) is 0 Å². The summed E-state index contributed by atoms with van der Waals surface area (Å²) >= 11 is 11.0. The van der Waals surface area contributed by atoms with Gasteiger partial charge < -0.3 is 14.9 Å². The summed E-state index contributed by atoms with van der Waals surface area (Å²) in [5.74, 6) is -4.48. The minimum absolute atomic E-state index is 0.189. The number of carboxylic acids is 2. The Kier molecular flexibility index (Phi) is 8.09. The van der Waals surface area contributed by atoms with Crippen LogP contribution in [-0.2, 0) is 23.9 Å². The quantitative estimate of drug-likeness (QED) is 0.390. The van der Waals surface area contributed by atoms with E-state index < -0.39 is 34.6 Å². The highest BCUT2D eigenvalue weighted by Gasteiger charge is 2.25. The first kappa shape index (κ1) is 17.7. The van der Waals surface area contributed by atoms with Crippen LogP contribution >= 0.6 is 23.2 Å². The van der Waals surface area contributed by atoms with E-state index in [1.807, 2.05) is 0 Å². The molecule has 9 heteroatoms. The molecule has 0 aromatic rings. The lowest BCUT2D eigenvalue weighted by Crippen LogP contribution is -2.27. The third kappa shape index (κ3) is 8.39. The van der Waals surface area contributed by atoms with Gasteiger partial charge in [0, 0.05) is 12.8 Å². The Morgan fingerprint density at radius 1 is 0.842 bits per heavy atom. The van der Waals surface area contributed by atoms with Crippen molar-refractivity contribution in [2.75, 3.05) is 0 Å². The molecule has 0 radical (unpaired) electrons. The summed E-state index contributed by atoms with van der Waals surface area (Å²) < 4.78 is 4.31. The number of carboxylic acid groups (broad SMARTS) is 2. The summed E-state index contributed by atoms with van der Waals surface area (Å²) in [6, 6.07) is 0. The monoisotopic (exact) mass is 314 g/mol. The predicted molar refractivity (Wildman–Crippen MR) is 64.1 cm³/mol. The summed E-state index contributed by atoms with van der Waals surface area (Å²) in [5, 5.41) is 14.2. The zero-order chi connectivity index (χ0) is 15.0. The van der Waals surface area contributed by atoms with Gasteiger partial charge in [-0.3, -0.25) is 9.59 Å². The zero-order valence-electron chi connectivity index (χ0n) is 9.67. The van der Waals surface area contributed by atoms with Gasteiger partial charge in [-0.25, -0.2) is 9.59 Å². The summed E-state index contributed by atoms with van der Waals surface area (Å²) in [5.41, 5.74) is 0. The van der Waals surface area contributed by atoms with Crippen LogP contribution in [0, 0.1) is 0 Å².